The molecule has 3 fully saturated rings. The topological polar surface area (TPSA) is 98.2 Å². The van der Waals surface area contributed by atoms with Crippen molar-refractivity contribution in [1.82, 2.24) is 9.80 Å². The van der Waals surface area contributed by atoms with Crippen LogP contribution < -0.4 is 0 Å². The fourth-order valence-electron chi connectivity index (χ4n) is 5.89. The standard InChI is InChI=1S/C25H32N2O5S/c1-2-13-26(16-17-9-5-3-6-10-17)23(30)21-25-12-11-18(33-25)19(24(31)32)20(25)22(29)27(21)14-7-4-8-15-28/h2-3,5-6,9-10,18-21,28H,1,4,7-8,11-16H2,(H,31,32)/t18-,19+,20-,21?,25?/m0/s1. The summed E-state index contributed by atoms with van der Waals surface area (Å²) < 4.78 is -0.686. The summed E-state index contributed by atoms with van der Waals surface area (Å²) in [5.74, 6) is -2.66. The second-order valence-electron chi connectivity index (χ2n) is 9.20. The lowest BCUT2D eigenvalue weighted by Crippen LogP contribution is -2.54. The van der Waals surface area contributed by atoms with E-state index in [-0.39, 0.29) is 23.7 Å². The second-order valence-corrected chi connectivity index (χ2v) is 10.8. The molecule has 2 bridgehead atoms. The van der Waals surface area contributed by atoms with Crippen LogP contribution in [-0.2, 0) is 20.9 Å². The van der Waals surface area contributed by atoms with E-state index in [1.807, 2.05) is 30.3 Å². The maximum atomic E-state index is 14.1. The number of hydrogen-bond acceptors (Lipinski definition) is 5. The third kappa shape index (κ3) is 4.19. The quantitative estimate of drug-likeness (QED) is 0.379. The molecule has 3 aliphatic heterocycles. The summed E-state index contributed by atoms with van der Waals surface area (Å²) in [6, 6.07) is 9.04. The zero-order chi connectivity index (χ0) is 23.6. The number of carboxylic acid groups (broad SMARTS) is 1. The lowest BCUT2D eigenvalue weighted by Gasteiger charge is -2.37. The van der Waals surface area contributed by atoms with Crippen LogP contribution in [-0.4, -0.2) is 73.5 Å². The van der Waals surface area contributed by atoms with Crippen molar-refractivity contribution >= 4 is 29.5 Å². The van der Waals surface area contributed by atoms with Gasteiger partial charge in [0.25, 0.3) is 0 Å². The summed E-state index contributed by atoms with van der Waals surface area (Å²) >= 11 is 1.56. The number of unbranched alkanes of at least 4 members (excludes halogenated alkanes) is 2. The number of aliphatic hydroxyl groups is 1. The summed E-state index contributed by atoms with van der Waals surface area (Å²) in [5, 5.41) is 18.9. The molecule has 33 heavy (non-hydrogen) atoms. The van der Waals surface area contributed by atoms with Crippen LogP contribution in [0.1, 0.15) is 37.7 Å². The summed E-state index contributed by atoms with van der Waals surface area (Å²) in [6.07, 6.45) is 5.15. The first-order valence-corrected chi connectivity index (χ1v) is 12.6. The van der Waals surface area contributed by atoms with Crippen LogP contribution in [0.4, 0.5) is 0 Å². The number of carboxylic acids is 1. The largest absolute Gasteiger partial charge is 0.481 e. The SMILES string of the molecule is C=CCN(Cc1ccccc1)C(=O)C1N(CCCCCO)C(=O)[C@@H]2[C@H](C(=O)O)[C@@H]3CCC12S3. The van der Waals surface area contributed by atoms with Crippen LogP contribution >= 0.6 is 11.8 Å². The lowest BCUT2D eigenvalue weighted by molar-refractivity contribution is -0.148. The Hall–Kier alpha value is -2.32. The Morgan fingerprint density at radius 2 is 2.00 bits per heavy atom. The number of carbonyl (C=O) groups is 3. The van der Waals surface area contributed by atoms with Crippen LogP contribution in [0.5, 0.6) is 0 Å². The maximum Gasteiger partial charge on any atom is 0.308 e. The molecule has 1 aromatic carbocycles. The first-order valence-electron chi connectivity index (χ1n) is 11.7. The van der Waals surface area contributed by atoms with Gasteiger partial charge < -0.3 is 20.0 Å². The van der Waals surface area contributed by atoms with Gasteiger partial charge in [-0.15, -0.1) is 18.3 Å². The van der Waals surface area contributed by atoms with Gasteiger partial charge in [0.15, 0.2) is 0 Å². The molecule has 0 aliphatic carbocycles. The number of carbonyl (C=O) groups excluding carboxylic acids is 2. The molecule has 0 radical (unpaired) electrons. The highest BCUT2D eigenvalue weighted by atomic mass is 32.2. The molecule has 5 atom stereocenters. The van der Waals surface area contributed by atoms with E-state index in [4.69, 9.17) is 5.11 Å². The molecule has 0 saturated carbocycles. The molecule has 178 valence electrons. The van der Waals surface area contributed by atoms with Crippen LogP contribution in [0, 0.1) is 11.8 Å². The summed E-state index contributed by atoms with van der Waals surface area (Å²) in [6.45, 7) is 5.08. The van der Waals surface area contributed by atoms with Gasteiger partial charge in [0.1, 0.15) is 6.04 Å². The first-order chi connectivity index (χ1) is 15.9. The van der Waals surface area contributed by atoms with Crippen LogP contribution in [0.25, 0.3) is 0 Å². The minimum Gasteiger partial charge on any atom is -0.481 e. The third-order valence-electron chi connectivity index (χ3n) is 7.25. The van der Waals surface area contributed by atoms with E-state index >= 15 is 0 Å². The van der Waals surface area contributed by atoms with Gasteiger partial charge in [-0.3, -0.25) is 14.4 Å². The predicted octanol–water partition coefficient (Wildman–Crippen LogP) is 2.54. The van der Waals surface area contributed by atoms with E-state index in [0.29, 0.717) is 45.3 Å². The fourth-order valence-corrected chi connectivity index (χ4v) is 8.10. The maximum absolute atomic E-state index is 14.1. The summed E-state index contributed by atoms with van der Waals surface area (Å²) in [5.41, 5.74) is 0.993. The molecular formula is C25H32N2O5S. The van der Waals surface area contributed by atoms with E-state index in [9.17, 15) is 19.5 Å². The van der Waals surface area contributed by atoms with Crippen molar-refractivity contribution in [2.75, 3.05) is 19.7 Å². The van der Waals surface area contributed by atoms with Gasteiger partial charge in [0, 0.05) is 31.5 Å². The van der Waals surface area contributed by atoms with Crippen LogP contribution in [0.2, 0.25) is 0 Å². The second kappa shape index (κ2) is 9.89. The van der Waals surface area contributed by atoms with Gasteiger partial charge in [0.2, 0.25) is 11.8 Å². The minimum absolute atomic E-state index is 0.0890. The van der Waals surface area contributed by atoms with E-state index in [1.165, 1.54) is 0 Å². The van der Waals surface area contributed by atoms with Gasteiger partial charge in [-0.25, -0.2) is 0 Å². The number of amides is 2. The van der Waals surface area contributed by atoms with E-state index in [0.717, 1.165) is 12.0 Å². The van der Waals surface area contributed by atoms with Crippen molar-refractivity contribution in [3.63, 3.8) is 0 Å². The minimum atomic E-state index is -0.937. The highest BCUT2D eigenvalue weighted by Crippen LogP contribution is 2.66. The van der Waals surface area contributed by atoms with Crippen molar-refractivity contribution in [2.45, 2.75) is 54.7 Å². The number of benzene rings is 1. The number of nitrogens with zero attached hydrogens (tertiary/aromatic N) is 2. The third-order valence-corrected chi connectivity index (χ3v) is 9.21. The van der Waals surface area contributed by atoms with Gasteiger partial charge in [-0.2, -0.15) is 0 Å². The van der Waals surface area contributed by atoms with Gasteiger partial charge in [-0.05, 0) is 37.7 Å². The number of aliphatic hydroxyl groups excluding tert-OH is 1. The highest BCUT2D eigenvalue weighted by molar-refractivity contribution is 8.02. The number of hydrogen-bond donors (Lipinski definition) is 2. The van der Waals surface area contributed by atoms with Crippen molar-refractivity contribution in [2.24, 2.45) is 11.8 Å². The number of likely N-dealkylation sites (tertiary alicyclic amines) is 1. The lowest BCUT2D eigenvalue weighted by atomic mass is 9.71. The van der Waals surface area contributed by atoms with Gasteiger partial charge >= 0.3 is 5.97 Å². The zero-order valence-corrected chi connectivity index (χ0v) is 19.6. The van der Waals surface area contributed by atoms with Gasteiger partial charge in [-0.1, -0.05) is 36.4 Å². The van der Waals surface area contributed by atoms with E-state index < -0.39 is 28.6 Å². The van der Waals surface area contributed by atoms with Crippen LogP contribution in [0.3, 0.4) is 0 Å². The molecule has 3 saturated heterocycles. The highest BCUT2D eigenvalue weighted by Gasteiger charge is 2.73. The molecule has 1 spiro atoms. The molecule has 1 aromatic rings. The van der Waals surface area contributed by atoms with Crippen molar-refractivity contribution < 1.29 is 24.6 Å². The van der Waals surface area contributed by atoms with Crippen molar-refractivity contribution in [1.29, 1.82) is 0 Å². The Bertz CT molecular complexity index is 909. The Balaban J connectivity index is 1.66. The van der Waals surface area contributed by atoms with E-state index in [1.54, 1.807) is 27.6 Å². The normalized spacial score (nSPS) is 29.8. The van der Waals surface area contributed by atoms with Crippen molar-refractivity contribution in [3.05, 3.63) is 48.6 Å². The average molecular weight is 473 g/mol. The summed E-state index contributed by atoms with van der Waals surface area (Å²) in [4.78, 5) is 43.2. The zero-order valence-electron chi connectivity index (χ0n) is 18.8. The molecule has 2 N–H and O–H groups in total. The Labute approximate surface area is 198 Å². The Morgan fingerprint density at radius 1 is 1.24 bits per heavy atom. The molecule has 2 amide bonds. The van der Waals surface area contributed by atoms with Crippen LogP contribution in [0.15, 0.2) is 43.0 Å². The predicted molar refractivity (Wildman–Crippen MR) is 126 cm³/mol. The first kappa shape index (κ1) is 23.8. The number of rotatable bonds is 11. The Kier molecular flexibility index (Phi) is 7.14. The summed E-state index contributed by atoms with van der Waals surface area (Å²) in [7, 11) is 0. The molecule has 3 heterocycles. The molecule has 7 nitrogen and oxygen atoms in total. The molecule has 0 aromatic heterocycles. The number of thioether (sulfide) groups is 1. The molecular weight excluding hydrogens is 440 g/mol. The fraction of sp³-hybridized carbons (Fsp3) is 0.560. The Morgan fingerprint density at radius 3 is 2.67 bits per heavy atom. The van der Waals surface area contributed by atoms with E-state index in [2.05, 4.69) is 6.58 Å². The molecule has 4 rings (SSSR count). The molecule has 3 aliphatic rings. The monoisotopic (exact) mass is 472 g/mol. The number of aliphatic carboxylic acids is 1. The van der Waals surface area contributed by atoms with Gasteiger partial charge in [0.05, 0.1) is 16.6 Å². The molecule has 8 heteroatoms. The molecule has 2 unspecified atom stereocenters. The smallest absolute Gasteiger partial charge is 0.308 e. The number of fused-ring (bicyclic) bond motifs is 1. The average Bonchev–Trinajstić information content (AvgIpc) is 3.44. The van der Waals surface area contributed by atoms with Crippen molar-refractivity contribution in [3.8, 4) is 0 Å².